The Hall–Kier alpha value is -1.28. The van der Waals surface area contributed by atoms with Crippen LogP contribution in [0.5, 0.6) is 0 Å². The summed E-state index contributed by atoms with van der Waals surface area (Å²) in [4.78, 5) is 0. The highest BCUT2D eigenvalue weighted by atomic mass is 35.5. The van der Waals surface area contributed by atoms with E-state index in [9.17, 15) is 5.11 Å². The van der Waals surface area contributed by atoms with Crippen molar-refractivity contribution in [2.75, 3.05) is 6.54 Å². The van der Waals surface area contributed by atoms with E-state index in [2.05, 4.69) is 10.6 Å². The summed E-state index contributed by atoms with van der Waals surface area (Å²) in [6.07, 6.45) is 4.39. The second kappa shape index (κ2) is 4.71. The van der Waals surface area contributed by atoms with Crippen molar-refractivity contribution in [2.45, 2.75) is 19.9 Å². The molecule has 0 saturated heterocycles. The normalized spacial score (nSPS) is 15.6. The van der Waals surface area contributed by atoms with Gasteiger partial charge in [-0.15, -0.1) is 0 Å². The van der Waals surface area contributed by atoms with E-state index in [0.717, 1.165) is 30.1 Å². The van der Waals surface area contributed by atoms with E-state index in [-0.39, 0.29) is 0 Å². The zero-order valence-electron chi connectivity index (χ0n) is 9.28. The van der Waals surface area contributed by atoms with Gasteiger partial charge in [0, 0.05) is 16.7 Å². The van der Waals surface area contributed by atoms with Gasteiger partial charge in [0.2, 0.25) is 0 Å². The third kappa shape index (κ3) is 2.64. The van der Waals surface area contributed by atoms with Crippen molar-refractivity contribution in [3.63, 3.8) is 0 Å². The summed E-state index contributed by atoms with van der Waals surface area (Å²) in [7, 11) is 0. The Morgan fingerprint density at radius 3 is 2.88 bits per heavy atom. The number of hydrogen-bond acceptors (Lipinski definition) is 1. The molecule has 1 aromatic carbocycles. The molecule has 0 bridgehead atoms. The lowest BCUT2D eigenvalue weighted by atomic mass is 10.1. The van der Waals surface area contributed by atoms with Crippen LogP contribution in [0.4, 0.5) is 0 Å². The molecule has 1 aliphatic heterocycles. The van der Waals surface area contributed by atoms with Gasteiger partial charge in [-0.2, -0.15) is 0 Å². The molecule has 0 unspecified atom stereocenters. The molecule has 16 heavy (non-hydrogen) atoms. The van der Waals surface area contributed by atoms with Crippen molar-refractivity contribution in [2.24, 2.45) is 0 Å². The van der Waals surface area contributed by atoms with Gasteiger partial charge in [0.05, 0.1) is 6.42 Å². The molecular weight excluding hydrogens is 222 g/mol. The van der Waals surface area contributed by atoms with Gasteiger partial charge in [-0.3, -0.25) is 0 Å². The number of hydrogen-bond donors (Lipinski definition) is 1. The summed E-state index contributed by atoms with van der Waals surface area (Å²) in [6.45, 7) is 3.69. The highest BCUT2D eigenvalue weighted by Gasteiger charge is 2.11. The molecule has 3 heteroatoms. The smallest absolute Gasteiger partial charge is 0.168 e. The first-order chi connectivity index (χ1) is 7.65. The average molecular weight is 237 g/mol. The fourth-order valence-electron chi connectivity index (χ4n) is 1.71. The second-order valence-electron chi connectivity index (χ2n) is 4.11. The van der Waals surface area contributed by atoms with Crippen molar-refractivity contribution in [1.29, 1.82) is 0 Å². The van der Waals surface area contributed by atoms with E-state index in [4.69, 9.17) is 11.6 Å². The number of aryl methyl sites for hydroxylation is 1. The average Bonchev–Trinajstić information content (AvgIpc) is 2.27. The predicted octanol–water partition coefficient (Wildman–Crippen LogP) is 3.08. The molecule has 1 aromatic rings. The number of nitrogens with zero attached hydrogens (tertiary/aromatic N) is 1. The van der Waals surface area contributed by atoms with Gasteiger partial charge in [0.25, 0.3) is 0 Å². The van der Waals surface area contributed by atoms with Crippen LogP contribution in [0.3, 0.4) is 0 Å². The molecular formula is C13H15ClNO+. The lowest BCUT2D eigenvalue weighted by Gasteiger charge is -2.08. The largest absolute Gasteiger partial charge is 0.512 e. The molecule has 0 aromatic heterocycles. The van der Waals surface area contributed by atoms with Crippen molar-refractivity contribution in [3.8, 4) is 0 Å². The van der Waals surface area contributed by atoms with Gasteiger partial charge in [0.15, 0.2) is 12.8 Å². The van der Waals surface area contributed by atoms with Gasteiger partial charge in [-0.05, 0) is 18.6 Å². The van der Waals surface area contributed by atoms with Crippen LogP contribution >= 0.6 is 11.6 Å². The molecule has 1 heterocycles. The molecule has 1 N–H and O–H groups in total. The number of rotatable bonds is 2. The van der Waals surface area contributed by atoms with E-state index >= 15 is 0 Å². The molecule has 0 radical (unpaired) electrons. The Bertz CT molecular complexity index is 463. The molecule has 84 valence electrons. The van der Waals surface area contributed by atoms with Gasteiger partial charge >= 0.3 is 0 Å². The first-order valence-electron chi connectivity index (χ1n) is 5.37. The van der Waals surface area contributed by atoms with Gasteiger partial charge < -0.3 is 5.11 Å². The highest BCUT2D eigenvalue weighted by Crippen LogP contribution is 2.17. The lowest BCUT2D eigenvalue weighted by molar-refractivity contribution is -0.540. The van der Waals surface area contributed by atoms with Crippen molar-refractivity contribution in [3.05, 3.63) is 46.2 Å². The molecule has 0 spiro atoms. The molecule has 2 nitrogen and oxygen atoms in total. The highest BCUT2D eigenvalue weighted by molar-refractivity contribution is 6.31. The van der Waals surface area contributed by atoms with E-state index in [1.807, 2.05) is 25.3 Å². The van der Waals surface area contributed by atoms with E-state index in [1.165, 1.54) is 5.56 Å². The molecule has 2 rings (SSSR count). The maximum Gasteiger partial charge on any atom is 0.168 e. The minimum absolute atomic E-state index is 0.457. The standard InChI is InChI=1S/C13H14ClNO/c1-10-2-3-11(8-13(10)14)9-15-6-4-12(16)5-7-15/h2-4,6,8H,5,7,9H2,1H3/p+1. The van der Waals surface area contributed by atoms with Crippen LogP contribution in [0.2, 0.25) is 5.02 Å². The Balaban J connectivity index is 2.12. The summed E-state index contributed by atoms with van der Waals surface area (Å²) in [5.74, 6) is 0.457. The summed E-state index contributed by atoms with van der Waals surface area (Å²) in [5, 5.41) is 10.1. The van der Waals surface area contributed by atoms with E-state index < -0.39 is 0 Å². The van der Waals surface area contributed by atoms with Crippen LogP contribution in [0.1, 0.15) is 17.5 Å². The minimum atomic E-state index is 0.457. The van der Waals surface area contributed by atoms with Gasteiger partial charge in [-0.25, -0.2) is 4.58 Å². The minimum Gasteiger partial charge on any atom is -0.512 e. The fraction of sp³-hybridized carbons (Fsp3) is 0.308. The maximum atomic E-state index is 9.26. The van der Waals surface area contributed by atoms with Crippen LogP contribution in [-0.2, 0) is 6.54 Å². The van der Waals surface area contributed by atoms with Crippen LogP contribution < -0.4 is 0 Å². The number of benzene rings is 1. The Morgan fingerprint density at radius 1 is 1.44 bits per heavy atom. The van der Waals surface area contributed by atoms with Crippen LogP contribution in [0.15, 0.2) is 30.0 Å². The zero-order valence-corrected chi connectivity index (χ0v) is 10.0. The topological polar surface area (TPSA) is 23.2 Å². The van der Waals surface area contributed by atoms with Crippen LogP contribution in [-0.4, -0.2) is 22.4 Å². The van der Waals surface area contributed by atoms with Crippen LogP contribution in [0.25, 0.3) is 0 Å². The first kappa shape index (κ1) is 11.2. The maximum absolute atomic E-state index is 9.26. The summed E-state index contributed by atoms with van der Waals surface area (Å²) >= 11 is 6.07. The number of aliphatic hydroxyl groups excluding tert-OH is 1. The Kier molecular flexibility index (Phi) is 3.30. The zero-order chi connectivity index (χ0) is 11.5. The molecule has 0 amide bonds. The Morgan fingerprint density at radius 2 is 2.25 bits per heavy atom. The van der Waals surface area contributed by atoms with Crippen molar-refractivity contribution >= 4 is 17.8 Å². The van der Waals surface area contributed by atoms with Crippen molar-refractivity contribution in [1.82, 2.24) is 0 Å². The van der Waals surface area contributed by atoms with Crippen molar-refractivity contribution < 1.29 is 9.68 Å². The summed E-state index contributed by atoms with van der Waals surface area (Å²) < 4.78 is 2.17. The van der Waals surface area contributed by atoms with Crippen LogP contribution in [0, 0.1) is 6.92 Å². The van der Waals surface area contributed by atoms with E-state index in [1.54, 1.807) is 6.08 Å². The third-order valence-electron chi connectivity index (χ3n) is 2.75. The van der Waals surface area contributed by atoms with E-state index in [0.29, 0.717) is 5.76 Å². The van der Waals surface area contributed by atoms with Gasteiger partial charge in [0.1, 0.15) is 12.3 Å². The predicted molar refractivity (Wildman–Crippen MR) is 66.4 cm³/mol. The molecule has 0 aliphatic carbocycles. The molecule has 1 aliphatic rings. The van der Waals surface area contributed by atoms with Gasteiger partial charge in [-0.1, -0.05) is 23.7 Å². The fourth-order valence-corrected chi connectivity index (χ4v) is 1.91. The first-order valence-corrected chi connectivity index (χ1v) is 5.75. The molecule has 0 atom stereocenters. The number of allylic oxidation sites excluding steroid dienone is 1. The molecule has 0 fully saturated rings. The number of halogens is 1. The second-order valence-corrected chi connectivity index (χ2v) is 4.52. The Labute approximate surface area is 100 Å². The molecule has 0 saturated carbocycles. The summed E-state index contributed by atoms with van der Waals surface area (Å²) in [5.41, 5.74) is 2.30. The SMILES string of the molecule is Cc1ccc(C[N+]2=CC=C(O)CC2)cc1Cl. The quantitative estimate of drug-likeness (QED) is 0.784. The third-order valence-corrected chi connectivity index (χ3v) is 3.16. The summed E-state index contributed by atoms with van der Waals surface area (Å²) in [6, 6.07) is 6.13. The monoisotopic (exact) mass is 236 g/mol. The number of aliphatic hydroxyl groups is 1. The lowest BCUT2D eigenvalue weighted by Crippen LogP contribution is -2.18.